The third-order valence-electron chi connectivity index (χ3n) is 2.60. The van der Waals surface area contributed by atoms with E-state index in [0.29, 0.717) is 5.39 Å². The lowest BCUT2D eigenvalue weighted by Gasteiger charge is -2.15. The molecule has 0 fully saturated rings. The van der Waals surface area contributed by atoms with Gasteiger partial charge in [0.2, 0.25) is 5.78 Å². The van der Waals surface area contributed by atoms with Crippen LogP contribution in [-0.4, -0.2) is 12.5 Å². The molecule has 0 saturated heterocycles. The van der Waals surface area contributed by atoms with Crippen LogP contribution in [0.1, 0.15) is 5.56 Å². The Morgan fingerprint density at radius 2 is 1.71 bits per heavy atom. The topological polar surface area (TPSA) is 17.1 Å². The van der Waals surface area contributed by atoms with Crippen LogP contribution in [-0.2, 0) is 10.7 Å². The van der Waals surface area contributed by atoms with Crippen molar-refractivity contribution in [3.63, 3.8) is 0 Å². The van der Waals surface area contributed by atoms with Gasteiger partial charge in [-0.2, -0.15) is 8.78 Å². The number of alkyl halides is 3. The van der Waals surface area contributed by atoms with Crippen LogP contribution in [0.15, 0.2) is 42.5 Å². The Morgan fingerprint density at radius 1 is 1.06 bits per heavy atom. The molecule has 1 nitrogen and oxygen atoms in total. The predicted octanol–water partition coefficient (Wildman–Crippen LogP) is 3.47. The maximum absolute atomic E-state index is 13.7. The maximum atomic E-state index is 13.7. The predicted molar refractivity (Wildman–Crippen MR) is 58.8 cm³/mol. The first-order valence-corrected chi connectivity index (χ1v) is 5.02. The van der Waals surface area contributed by atoms with Crippen LogP contribution in [0.4, 0.5) is 13.2 Å². The van der Waals surface area contributed by atoms with Crippen molar-refractivity contribution < 1.29 is 18.0 Å². The Hall–Kier alpha value is -1.84. The van der Waals surface area contributed by atoms with Crippen molar-refractivity contribution >= 4 is 16.6 Å². The summed E-state index contributed by atoms with van der Waals surface area (Å²) in [5, 5.41) is 0.859. The van der Waals surface area contributed by atoms with Crippen LogP contribution in [0.3, 0.4) is 0 Å². The third kappa shape index (κ3) is 1.90. The van der Waals surface area contributed by atoms with Crippen molar-refractivity contribution in [3.05, 3.63) is 48.0 Å². The van der Waals surface area contributed by atoms with Crippen molar-refractivity contribution in [2.45, 2.75) is 5.92 Å². The van der Waals surface area contributed by atoms with Crippen LogP contribution in [0.5, 0.6) is 0 Å². The minimum atomic E-state index is -3.78. The number of carbonyl (C=O) groups excluding carboxylic acids is 1. The standard InChI is InChI=1S/C13H9F3O/c14-8-12(17)13(15,16)11-7-3-5-9-4-1-2-6-10(9)11/h1-7H,8H2. The summed E-state index contributed by atoms with van der Waals surface area (Å²) in [6, 6.07) is 10.7. The molecule has 0 bridgehead atoms. The van der Waals surface area contributed by atoms with E-state index in [1.165, 1.54) is 12.1 Å². The van der Waals surface area contributed by atoms with Gasteiger partial charge in [-0.25, -0.2) is 4.39 Å². The van der Waals surface area contributed by atoms with Crippen LogP contribution in [0.25, 0.3) is 10.8 Å². The fourth-order valence-corrected chi connectivity index (χ4v) is 1.73. The maximum Gasteiger partial charge on any atom is 0.333 e. The summed E-state index contributed by atoms with van der Waals surface area (Å²) >= 11 is 0. The molecule has 0 amide bonds. The van der Waals surface area contributed by atoms with Gasteiger partial charge >= 0.3 is 5.92 Å². The molecule has 0 unspecified atom stereocenters. The van der Waals surface area contributed by atoms with Crippen molar-refractivity contribution in [1.29, 1.82) is 0 Å². The summed E-state index contributed by atoms with van der Waals surface area (Å²) in [7, 11) is 0. The number of fused-ring (bicyclic) bond motifs is 1. The Kier molecular flexibility index (Phi) is 2.88. The molecule has 0 aliphatic carbocycles. The first-order valence-electron chi connectivity index (χ1n) is 5.02. The Balaban J connectivity index is 2.67. The molecule has 2 aromatic rings. The van der Waals surface area contributed by atoms with E-state index in [-0.39, 0.29) is 5.39 Å². The quantitative estimate of drug-likeness (QED) is 0.800. The van der Waals surface area contributed by atoms with Crippen molar-refractivity contribution in [2.75, 3.05) is 6.67 Å². The first-order chi connectivity index (χ1) is 8.07. The van der Waals surface area contributed by atoms with Crippen molar-refractivity contribution in [1.82, 2.24) is 0 Å². The van der Waals surface area contributed by atoms with Gasteiger partial charge in [-0.15, -0.1) is 0 Å². The second-order valence-corrected chi connectivity index (χ2v) is 3.66. The molecule has 2 rings (SSSR count). The Morgan fingerprint density at radius 3 is 2.41 bits per heavy atom. The normalized spacial score (nSPS) is 11.7. The number of rotatable bonds is 3. The number of benzene rings is 2. The lowest BCUT2D eigenvalue weighted by atomic mass is 9.97. The van der Waals surface area contributed by atoms with E-state index in [1.54, 1.807) is 24.3 Å². The number of halogens is 3. The number of hydrogen-bond donors (Lipinski definition) is 0. The molecule has 0 aromatic heterocycles. The Bertz CT molecular complexity index is 558. The summed E-state index contributed by atoms with van der Waals surface area (Å²) < 4.78 is 39.5. The highest BCUT2D eigenvalue weighted by atomic mass is 19.3. The smallest absolute Gasteiger partial charge is 0.290 e. The number of Topliss-reactive ketones (excluding diaryl/α,β-unsaturated/α-hetero) is 1. The van der Waals surface area contributed by atoms with Crippen molar-refractivity contribution in [2.24, 2.45) is 0 Å². The Labute approximate surface area is 95.9 Å². The SMILES string of the molecule is O=C(CF)C(F)(F)c1cccc2ccccc12. The molecule has 4 heteroatoms. The van der Waals surface area contributed by atoms with Gasteiger partial charge in [0, 0.05) is 5.56 Å². The summed E-state index contributed by atoms with van der Waals surface area (Å²) in [6.45, 7) is -1.67. The second kappa shape index (κ2) is 4.20. The minimum absolute atomic E-state index is 0.266. The summed E-state index contributed by atoms with van der Waals surface area (Å²) in [6.07, 6.45) is 0. The molecular weight excluding hydrogens is 229 g/mol. The average Bonchev–Trinajstić information content (AvgIpc) is 2.37. The molecule has 0 aliphatic heterocycles. The fourth-order valence-electron chi connectivity index (χ4n) is 1.73. The zero-order chi connectivity index (χ0) is 12.5. The molecular formula is C13H9F3O. The number of carbonyl (C=O) groups is 1. The molecule has 0 atom stereocenters. The molecule has 0 spiro atoms. The van der Waals surface area contributed by atoms with Crippen molar-refractivity contribution in [3.8, 4) is 0 Å². The number of ketones is 1. The number of hydrogen-bond acceptors (Lipinski definition) is 1. The molecule has 0 aliphatic rings. The zero-order valence-corrected chi connectivity index (χ0v) is 8.79. The van der Waals surface area contributed by atoms with Gasteiger partial charge in [0.05, 0.1) is 0 Å². The summed E-state index contributed by atoms with van der Waals surface area (Å²) in [5.74, 6) is -5.50. The molecule has 17 heavy (non-hydrogen) atoms. The van der Waals surface area contributed by atoms with E-state index in [4.69, 9.17) is 0 Å². The van der Waals surface area contributed by atoms with E-state index >= 15 is 0 Å². The molecule has 0 radical (unpaired) electrons. The second-order valence-electron chi connectivity index (χ2n) is 3.66. The minimum Gasteiger partial charge on any atom is -0.290 e. The van der Waals surface area contributed by atoms with Gasteiger partial charge in [-0.3, -0.25) is 4.79 Å². The molecule has 0 saturated carbocycles. The van der Waals surface area contributed by atoms with Gasteiger partial charge in [0.1, 0.15) is 0 Å². The lowest BCUT2D eigenvalue weighted by Crippen LogP contribution is -2.27. The highest BCUT2D eigenvalue weighted by Gasteiger charge is 2.41. The lowest BCUT2D eigenvalue weighted by molar-refractivity contribution is -0.145. The van der Waals surface area contributed by atoms with E-state index in [0.717, 1.165) is 6.07 Å². The molecule has 2 aromatic carbocycles. The van der Waals surface area contributed by atoms with Gasteiger partial charge in [0.15, 0.2) is 6.67 Å². The van der Waals surface area contributed by atoms with Crippen LogP contribution in [0, 0.1) is 0 Å². The fraction of sp³-hybridized carbons (Fsp3) is 0.154. The molecule has 0 heterocycles. The highest BCUT2D eigenvalue weighted by Crippen LogP contribution is 2.34. The van der Waals surface area contributed by atoms with E-state index in [9.17, 15) is 18.0 Å². The van der Waals surface area contributed by atoms with E-state index in [2.05, 4.69) is 0 Å². The molecule has 88 valence electrons. The summed E-state index contributed by atoms with van der Waals surface area (Å²) in [4.78, 5) is 11.0. The monoisotopic (exact) mass is 238 g/mol. The average molecular weight is 238 g/mol. The summed E-state index contributed by atoms with van der Waals surface area (Å²) in [5.41, 5.74) is -0.446. The first kappa shape index (κ1) is 11.6. The van der Waals surface area contributed by atoms with E-state index in [1.807, 2.05) is 0 Å². The van der Waals surface area contributed by atoms with Crippen LogP contribution >= 0.6 is 0 Å². The largest absolute Gasteiger partial charge is 0.333 e. The highest BCUT2D eigenvalue weighted by molar-refractivity contribution is 5.95. The zero-order valence-electron chi connectivity index (χ0n) is 8.79. The van der Waals surface area contributed by atoms with Gasteiger partial charge in [0.25, 0.3) is 0 Å². The van der Waals surface area contributed by atoms with Gasteiger partial charge in [-0.1, -0.05) is 42.5 Å². The van der Waals surface area contributed by atoms with Crippen LogP contribution < -0.4 is 0 Å². The van der Waals surface area contributed by atoms with E-state index < -0.39 is 23.9 Å². The van der Waals surface area contributed by atoms with Gasteiger partial charge < -0.3 is 0 Å². The third-order valence-corrected chi connectivity index (χ3v) is 2.60. The molecule has 0 N–H and O–H groups in total. The van der Waals surface area contributed by atoms with Gasteiger partial charge in [-0.05, 0) is 10.8 Å². The van der Waals surface area contributed by atoms with Crippen LogP contribution in [0.2, 0.25) is 0 Å².